The average molecular weight is 338 g/mol. The molecular weight excluding hydrogens is 318 g/mol. The topological polar surface area (TPSA) is 77.8 Å². The number of amides is 1. The fourth-order valence-corrected chi connectivity index (χ4v) is 2.88. The molecule has 23 heavy (non-hydrogen) atoms. The van der Waals surface area contributed by atoms with E-state index in [-0.39, 0.29) is 36.8 Å². The Kier molecular flexibility index (Phi) is 5.44. The first-order valence-electron chi connectivity index (χ1n) is 7.50. The van der Waals surface area contributed by atoms with E-state index in [9.17, 15) is 19.8 Å². The summed E-state index contributed by atoms with van der Waals surface area (Å²) in [5.41, 5.74) is 0.770. The average Bonchev–Trinajstić information content (AvgIpc) is 2.73. The van der Waals surface area contributed by atoms with Crippen LogP contribution in [0.4, 0.5) is 0 Å². The minimum atomic E-state index is -0.696. The second kappa shape index (κ2) is 7.15. The molecule has 1 aromatic carbocycles. The summed E-state index contributed by atoms with van der Waals surface area (Å²) in [4.78, 5) is 26.1. The summed E-state index contributed by atoms with van der Waals surface area (Å²) < 4.78 is 0. The van der Waals surface area contributed by atoms with Crippen molar-refractivity contribution in [1.82, 2.24) is 4.90 Å². The van der Waals surface area contributed by atoms with Crippen LogP contribution in [-0.4, -0.2) is 40.0 Å². The van der Waals surface area contributed by atoms with Crippen LogP contribution < -0.4 is 0 Å². The van der Waals surface area contributed by atoms with Crippen molar-refractivity contribution in [2.45, 2.75) is 26.3 Å². The van der Waals surface area contributed by atoms with Gasteiger partial charge in [-0.15, -0.1) is 0 Å². The smallest absolute Gasteiger partial charge is 0.290 e. The van der Waals surface area contributed by atoms with Gasteiger partial charge >= 0.3 is 0 Å². The summed E-state index contributed by atoms with van der Waals surface area (Å²) in [5.74, 6) is -1.31. The fraction of sp³-hybridized carbons (Fsp3) is 0.412. The molecule has 0 fully saturated rings. The van der Waals surface area contributed by atoms with Gasteiger partial charge in [0.15, 0.2) is 11.5 Å². The van der Waals surface area contributed by atoms with Gasteiger partial charge in [-0.3, -0.25) is 9.59 Å². The van der Waals surface area contributed by atoms with Crippen LogP contribution in [-0.2, 0) is 9.59 Å². The highest BCUT2D eigenvalue weighted by Crippen LogP contribution is 2.38. The lowest BCUT2D eigenvalue weighted by Gasteiger charge is -2.26. The molecule has 1 aliphatic rings. The molecule has 6 heteroatoms. The minimum Gasteiger partial charge on any atom is -0.503 e. The second-order valence-electron chi connectivity index (χ2n) is 5.96. The molecule has 1 amide bonds. The number of benzene rings is 1. The molecule has 5 nitrogen and oxygen atoms in total. The molecule has 0 saturated carbocycles. The van der Waals surface area contributed by atoms with E-state index < -0.39 is 17.7 Å². The van der Waals surface area contributed by atoms with Gasteiger partial charge in [0.05, 0.1) is 18.2 Å². The summed E-state index contributed by atoms with van der Waals surface area (Å²) in [7, 11) is 0. The molecule has 1 unspecified atom stereocenters. The number of hydrogen-bond acceptors (Lipinski definition) is 4. The molecule has 1 aliphatic heterocycles. The number of Topliss-reactive ketones (excluding diaryl/α,β-unsaturated/α-hetero) is 1. The molecule has 0 spiro atoms. The predicted molar refractivity (Wildman–Crippen MR) is 87.1 cm³/mol. The van der Waals surface area contributed by atoms with E-state index in [4.69, 9.17) is 11.6 Å². The summed E-state index contributed by atoms with van der Waals surface area (Å²) >= 11 is 5.89. The third kappa shape index (κ3) is 3.57. The number of halogens is 1. The van der Waals surface area contributed by atoms with Crippen LogP contribution in [0.2, 0.25) is 5.02 Å². The Bertz CT molecular complexity index is 636. The third-order valence-corrected chi connectivity index (χ3v) is 3.98. The first kappa shape index (κ1) is 17.5. The zero-order valence-corrected chi connectivity index (χ0v) is 13.9. The number of β-amino-alcohol motifs (C(OH)–C–C–N with tert-alkyl or cyclic N) is 1. The van der Waals surface area contributed by atoms with Gasteiger partial charge in [-0.2, -0.15) is 0 Å². The highest BCUT2D eigenvalue weighted by atomic mass is 35.5. The van der Waals surface area contributed by atoms with Gasteiger partial charge < -0.3 is 15.1 Å². The summed E-state index contributed by atoms with van der Waals surface area (Å²) in [6, 6.07) is 6.06. The van der Waals surface area contributed by atoms with Gasteiger partial charge in [0, 0.05) is 18.0 Å². The molecule has 0 radical (unpaired) electrons. The molecule has 1 atom stereocenters. The van der Waals surface area contributed by atoms with Crippen molar-refractivity contribution in [2.75, 3.05) is 13.2 Å². The van der Waals surface area contributed by atoms with Crippen LogP contribution in [0.3, 0.4) is 0 Å². The number of carbonyl (C=O) groups excluding carboxylic acids is 2. The maximum absolute atomic E-state index is 12.5. The number of nitrogens with zero attached hydrogens (tertiary/aromatic N) is 1. The number of rotatable bonds is 6. The van der Waals surface area contributed by atoms with Crippen molar-refractivity contribution in [3.05, 3.63) is 46.2 Å². The lowest BCUT2D eigenvalue weighted by molar-refractivity contribution is -0.129. The molecule has 0 aromatic heterocycles. The van der Waals surface area contributed by atoms with Crippen LogP contribution in [0.1, 0.15) is 31.9 Å². The Morgan fingerprint density at radius 2 is 1.91 bits per heavy atom. The van der Waals surface area contributed by atoms with Crippen LogP contribution >= 0.6 is 11.6 Å². The Balaban J connectivity index is 2.48. The molecule has 1 aromatic rings. The third-order valence-electron chi connectivity index (χ3n) is 3.72. The molecule has 0 bridgehead atoms. The van der Waals surface area contributed by atoms with Gasteiger partial charge in [0.1, 0.15) is 0 Å². The van der Waals surface area contributed by atoms with E-state index in [0.29, 0.717) is 10.6 Å². The summed E-state index contributed by atoms with van der Waals surface area (Å²) in [6.07, 6.45) is 0.240. The molecule has 2 N–H and O–H groups in total. The van der Waals surface area contributed by atoms with E-state index in [1.54, 1.807) is 24.3 Å². The van der Waals surface area contributed by atoms with Crippen LogP contribution in [0.15, 0.2) is 35.6 Å². The van der Waals surface area contributed by atoms with Gasteiger partial charge in [-0.1, -0.05) is 37.6 Å². The van der Waals surface area contributed by atoms with Crippen LogP contribution in [0.5, 0.6) is 0 Å². The van der Waals surface area contributed by atoms with Crippen LogP contribution in [0, 0.1) is 5.92 Å². The maximum atomic E-state index is 12.5. The maximum Gasteiger partial charge on any atom is 0.290 e. The normalized spacial score (nSPS) is 18.2. The molecular formula is C17H20ClNO4. The zero-order chi connectivity index (χ0) is 17.1. The second-order valence-corrected chi connectivity index (χ2v) is 6.40. The predicted octanol–water partition coefficient (Wildman–Crippen LogP) is 2.64. The Morgan fingerprint density at radius 1 is 1.30 bits per heavy atom. The largest absolute Gasteiger partial charge is 0.503 e. The lowest BCUT2D eigenvalue weighted by Crippen LogP contribution is -2.33. The molecule has 124 valence electrons. The summed E-state index contributed by atoms with van der Waals surface area (Å²) in [5, 5.41) is 19.9. The monoisotopic (exact) mass is 337 g/mol. The first-order valence-corrected chi connectivity index (χ1v) is 7.88. The number of carbonyl (C=O) groups is 2. The van der Waals surface area contributed by atoms with Crippen molar-refractivity contribution in [1.29, 1.82) is 0 Å². The molecule has 0 aliphatic carbocycles. The van der Waals surface area contributed by atoms with E-state index in [2.05, 4.69) is 0 Å². The molecule has 2 rings (SSSR count). The number of ketones is 1. The Labute approximate surface area is 140 Å². The highest BCUT2D eigenvalue weighted by molar-refractivity contribution is 6.30. The van der Waals surface area contributed by atoms with E-state index in [1.807, 2.05) is 13.8 Å². The number of aliphatic hydroxyl groups excluding tert-OH is 2. The first-order chi connectivity index (χ1) is 10.9. The zero-order valence-electron chi connectivity index (χ0n) is 13.1. The number of aliphatic hydroxyl groups is 2. The fourth-order valence-electron chi connectivity index (χ4n) is 2.75. The Morgan fingerprint density at radius 3 is 2.43 bits per heavy atom. The SMILES string of the molecule is CC(C)CC(=O)C1=C(O)C(=O)N(CCO)C1c1ccc(Cl)cc1. The van der Waals surface area contributed by atoms with E-state index >= 15 is 0 Å². The lowest BCUT2D eigenvalue weighted by atomic mass is 9.92. The van der Waals surface area contributed by atoms with Crippen molar-refractivity contribution in [3.8, 4) is 0 Å². The standard InChI is InChI=1S/C17H20ClNO4/c1-10(2)9-13(21)14-15(11-3-5-12(18)6-4-11)19(7-8-20)17(23)16(14)22/h3-6,10,15,20,22H,7-9H2,1-2H3. The van der Waals surface area contributed by atoms with Crippen molar-refractivity contribution < 1.29 is 19.8 Å². The molecule has 0 saturated heterocycles. The van der Waals surface area contributed by atoms with Crippen molar-refractivity contribution in [2.24, 2.45) is 5.92 Å². The minimum absolute atomic E-state index is 0.0364. The summed E-state index contributed by atoms with van der Waals surface area (Å²) in [6.45, 7) is 3.58. The molecule has 1 heterocycles. The van der Waals surface area contributed by atoms with Crippen molar-refractivity contribution >= 4 is 23.3 Å². The van der Waals surface area contributed by atoms with Crippen LogP contribution in [0.25, 0.3) is 0 Å². The van der Waals surface area contributed by atoms with Gasteiger partial charge in [-0.05, 0) is 23.6 Å². The van der Waals surface area contributed by atoms with Gasteiger partial charge in [-0.25, -0.2) is 0 Å². The Hall–Kier alpha value is -1.85. The number of hydrogen-bond donors (Lipinski definition) is 2. The highest BCUT2D eigenvalue weighted by Gasteiger charge is 2.42. The van der Waals surface area contributed by atoms with Gasteiger partial charge in [0.25, 0.3) is 5.91 Å². The van der Waals surface area contributed by atoms with Crippen molar-refractivity contribution in [3.63, 3.8) is 0 Å². The van der Waals surface area contributed by atoms with Gasteiger partial charge in [0.2, 0.25) is 0 Å². The van der Waals surface area contributed by atoms with E-state index in [0.717, 1.165) is 0 Å². The quantitative estimate of drug-likeness (QED) is 0.836. The van der Waals surface area contributed by atoms with E-state index in [1.165, 1.54) is 4.90 Å².